The number of likely N-dealkylation sites (tertiary alicyclic amines) is 1. The molecule has 182 valence electrons. The van der Waals surface area contributed by atoms with Gasteiger partial charge in [0, 0.05) is 24.7 Å². The number of carbonyl (C=O) groups excluding carboxylic acids is 1. The van der Waals surface area contributed by atoms with Crippen LogP contribution in [0.15, 0.2) is 72.8 Å². The van der Waals surface area contributed by atoms with E-state index in [1.807, 2.05) is 20.8 Å². The topological polar surface area (TPSA) is 41.6 Å². The van der Waals surface area contributed by atoms with E-state index in [0.717, 1.165) is 18.5 Å². The van der Waals surface area contributed by atoms with E-state index >= 15 is 0 Å². The average Bonchev–Trinajstić information content (AvgIpc) is 2.80. The van der Waals surface area contributed by atoms with E-state index in [2.05, 4.69) is 85.0 Å². The predicted molar refractivity (Wildman–Crippen MR) is 142 cm³/mol. The number of aryl methyl sites for hydroxylation is 2. The largest absolute Gasteiger partial charge is 0.444 e. The Labute approximate surface area is 209 Å². The monoisotopic (exact) mass is 468 g/mol. The molecule has 0 aromatic heterocycles. The van der Waals surface area contributed by atoms with Crippen molar-refractivity contribution in [1.82, 2.24) is 4.90 Å². The van der Waals surface area contributed by atoms with E-state index in [4.69, 9.17) is 4.74 Å². The zero-order valence-electron chi connectivity index (χ0n) is 21.3. The molecule has 5 rings (SSSR count). The molecule has 0 unspecified atom stereocenters. The number of ether oxygens (including phenoxy) is 1. The fourth-order valence-corrected chi connectivity index (χ4v) is 5.49. The number of hydrogen-bond donors (Lipinski definition) is 1. The quantitative estimate of drug-likeness (QED) is 0.453. The minimum Gasteiger partial charge on any atom is -0.444 e. The third-order valence-electron chi connectivity index (χ3n) is 7.16. The summed E-state index contributed by atoms with van der Waals surface area (Å²) >= 11 is 0. The zero-order valence-corrected chi connectivity index (χ0v) is 21.3. The number of amides is 1. The third kappa shape index (κ3) is 5.22. The van der Waals surface area contributed by atoms with Gasteiger partial charge in [-0.15, -0.1) is 0 Å². The number of benzene rings is 3. The van der Waals surface area contributed by atoms with Gasteiger partial charge in [0.15, 0.2) is 0 Å². The average molecular weight is 469 g/mol. The Morgan fingerprint density at radius 1 is 0.943 bits per heavy atom. The van der Waals surface area contributed by atoms with Crippen LogP contribution in [0.2, 0.25) is 0 Å². The van der Waals surface area contributed by atoms with Crippen molar-refractivity contribution in [2.24, 2.45) is 0 Å². The van der Waals surface area contributed by atoms with Crippen LogP contribution in [0, 0.1) is 6.92 Å². The first kappa shape index (κ1) is 23.5. The summed E-state index contributed by atoms with van der Waals surface area (Å²) in [7, 11) is 0. The van der Waals surface area contributed by atoms with E-state index < -0.39 is 5.60 Å². The highest BCUT2D eigenvalue weighted by Crippen LogP contribution is 2.46. The first-order valence-corrected chi connectivity index (χ1v) is 12.8. The van der Waals surface area contributed by atoms with Gasteiger partial charge in [0.2, 0.25) is 0 Å². The molecular weight excluding hydrogens is 432 g/mol. The normalized spacial score (nSPS) is 20.1. The molecule has 0 saturated carbocycles. The molecule has 2 aliphatic rings. The van der Waals surface area contributed by atoms with Crippen molar-refractivity contribution in [3.8, 4) is 0 Å². The molecule has 1 aliphatic heterocycles. The second-order valence-electron chi connectivity index (χ2n) is 11.1. The first-order valence-electron chi connectivity index (χ1n) is 12.8. The summed E-state index contributed by atoms with van der Waals surface area (Å²) in [6.07, 6.45) is 2.06. The van der Waals surface area contributed by atoms with Gasteiger partial charge in [-0.25, -0.2) is 4.79 Å². The Balaban J connectivity index is 1.31. The molecule has 0 spiro atoms. The van der Waals surface area contributed by atoms with Crippen molar-refractivity contribution in [2.75, 3.05) is 18.4 Å². The van der Waals surface area contributed by atoms with Crippen LogP contribution in [-0.4, -0.2) is 35.7 Å². The van der Waals surface area contributed by atoms with Crippen molar-refractivity contribution in [1.29, 1.82) is 0 Å². The number of rotatable bonds is 4. The van der Waals surface area contributed by atoms with Gasteiger partial charge in [0.25, 0.3) is 0 Å². The van der Waals surface area contributed by atoms with Gasteiger partial charge in [-0.3, -0.25) is 0 Å². The van der Waals surface area contributed by atoms with Crippen molar-refractivity contribution >= 4 is 11.8 Å². The van der Waals surface area contributed by atoms with Crippen LogP contribution in [0.25, 0.3) is 0 Å². The lowest BCUT2D eigenvalue weighted by atomic mass is 9.69. The molecule has 3 aromatic rings. The second-order valence-corrected chi connectivity index (χ2v) is 11.1. The highest BCUT2D eigenvalue weighted by Gasteiger charge is 2.34. The van der Waals surface area contributed by atoms with E-state index in [-0.39, 0.29) is 12.1 Å². The van der Waals surface area contributed by atoms with Crippen LogP contribution in [0.4, 0.5) is 10.5 Å². The fraction of sp³-hybridized carbons (Fsp3) is 0.387. The van der Waals surface area contributed by atoms with Crippen molar-refractivity contribution in [2.45, 2.75) is 64.0 Å². The number of carbonyl (C=O) groups is 1. The second kappa shape index (κ2) is 9.41. The van der Waals surface area contributed by atoms with E-state index in [1.54, 1.807) is 4.90 Å². The maximum Gasteiger partial charge on any atom is 0.410 e. The SMILES string of the molecule is Cc1ccc2c(c1)CC[C@H](c1ccccc1)[C@@H]2c1ccc(NC2CN(C(=O)OC(C)(C)C)C2)cc1. The van der Waals surface area contributed by atoms with Gasteiger partial charge in [0.05, 0.1) is 6.04 Å². The molecule has 0 bridgehead atoms. The molecule has 35 heavy (non-hydrogen) atoms. The highest BCUT2D eigenvalue weighted by atomic mass is 16.6. The summed E-state index contributed by atoms with van der Waals surface area (Å²) in [6, 6.07) is 27.1. The Morgan fingerprint density at radius 2 is 1.66 bits per heavy atom. The molecule has 1 fully saturated rings. The van der Waals surface area contributed by atoms with Gasteiger partial charge in [-0.05, 0) is 80.8 Å². The Hall–Kier alpha value is -3.27. The van der Waals surface area contributed by atoms with Gasteiger partial charge in [-0.1, -0.05) is 66.2 Å². The number of hydrogen-bond acceptors (Lipinski definition) is 3. The van der Waals surface area contributed by atoms with Crippen molar-refractivity contribution < 1.29 is 9.53 Å². The summed E-state index contributed by atoms with van der Waals surface area (Å²) in [5.74, 6) is 0.821. The lowest BCUT2D eigenvalue weighted by Gasteiger charge is -2.40. The Bertz CT molecular complexity index is 1170. The summed E-state index contributed by atoms with van der Waals surface area (Å²) in [6.45, 7) is 9.22. The maximum atomic E-state index is 12.2. The standard InChI is InChI=1S/C31H36N2O2/c1-21-10-16-28-24(18-21)13-17-27(22-8-6-5-7-9-22)29(28)23-11-14-25(15-12-23)32-26-19-33(20-26)30(34)35-31(2,3)4/h5-12,14-16,18,26-27,29,32H,13,17,19-20H2,1-4H3/t27-,29+/m1/s1. The van der Waals surface area contributed by atoms with Crippen LogP contribution < -0.4 is 5.32 Å². The number of anilines is 1. The molecule has 1 N–H and O–H groups in total. The zero-order chi connectivity index (χ0) is 24.6. The van der Waals surface area contributed by atoms with Crippen LogP contribution in [0.3, 0.4) is 0 Å². The van der Waals surface area contributed by atoms with Crippen LogP contribution in [-0.2, 0) is 11.2 Å². The highest BCUT2D eigenvalue weighted by molar-refractivity contribution is 5.69. The fourth-order valence-electron chi connectivity index (χ4n) is 5.49. The molecular formula is C31H36N2O2. The van der Waals surface area contributed by atoms with E-state index in [9.17, 15) is 4.79 Å². The molecule has 1 aliphatic carbocycles. The molecule has 0 radical (unpaired) electrons. The van der Waals surface area contributed by atoms with Crippen LogP contribution in [0.1, 0.15) is 66.8 Å². The number of nitrogens with zero attached hydrogens (tertiary/aromatic N) is 1. The van der Waals surface area contributed by atoms with E-state index in [1.165, 1.54) is 27.8 Å². The maximum absolute atomic E-state index is 12.2. The number of fused-ring (bicyclic) bond motifs is 1. The minimum absolute atomic E-state index is 0.232. The summed E-state index contributed by atoms with van der Waals surface area (Å²) in [4.78, 5) is 14.0. The Kier molecular flexibility index (Phi) is 6.31. The molecule has 1 amide bonds. The lowest BCUT2D eigenvalue weighted by molar-refractivity contribution is 0.0105. The molecule has 2 atom stereocenters. The van der Waals surface area contributed by atoms with Gasteiger partial charge in [-0.2, -0.15) is 0 Å². The molecule has 3 aromatic carbocycles. The third-order valence-corrected chi connectivity index (χ3v) is 7.16. The van der Waals surface area contributed by atoms with Crippen LogP contribution >= 0.6 is 0 Å². The summed E-state index contributed by atoms with van der Waals surface area (Å²) in [5.41, 5.74) is 7.70. The molecule has 1 saturated heterocycles. The first-order chi connectivity index (χ1) is 16.8. The van der Waals surface area contributed by atoms with Crippen LogP contribution in [0.5, 0.6) is 0 Å². The predicted octanol–water partition coefficient (Wildman–Crippen LogP) is 6.89. The summed E-state index contributed by atoms with van der Waals surface area (Å²) in [5, 5.41) is 3.58. The summed E-state index contributed by atoms with van der Waals surface area (Å²) < 4.78 is 5.46. The van der Waals surface area contributed by atoms with E-state index in [0.29, 0.717) is 24.9 Å². The number of nitrogens with one attached hydrogen (secondary N) is 1. The van der Waals surface area contributed by atoms with Crippen molar-refractivity contribution in [3.63, 3.8) is 0 Å². The molecule has 4 heteroatoms. The minimum atomic E-state index is -0.459. The van der Waals surface area contributed by atoms with Gasteiger partial charge < -0.3 is 15.0 Å². The van der Waals surface area contributed by atoms with Gasteiger partial charge >= 0.3 is 6.09 Å². The Morgan fingerprint density at radius 3 is 2.34 bits per heavy atom. The van der Waals surface area contributed by atoms with Gasteiger partial charge in [0.1, 0.15) is 5.60 Å². The lowest BCUT2D eigenvalue weighted by Crippen LogP contribution is -2.57. The molecule has 1 heterocycles. The smallest absolute Gasteiger partial charge is 0.410 e. The van der Waals surface area contributed by atoms with Crippen molar-refractivity contribution in [3.05, 3.63) is 101 Å². The molecule has 4 nitrogen and oxygen atoms in total.